The lowest BCUT2D eigenvalue weighted by molar-refractivity contribution is -0.0494. The van der Waals surface area contributed by atoms with Crippen LogP contribution in [0.25, 0.3) is 11.3 Å². The van der Waals surface area contributed by atoms with Crippen LogP contribution in [-0.2, 0) is 4.74 Å². The number of nitrogen functional groups attached to an aromatic ring is 1. The summed E-state index contributed by atoms with van der Waals surface area (Å²) in [6.45, 7) is 0.301. The molecule has 0 radical (unpaired) electrons. The Morgan fingerprint density at radius 1 is 1.37 bits per heavy atom. The van der Waals surface area contributed by atoms with Gasteiger partial charge < -0.3 is 25.0 Å². The fraction of sp³-hybridized carbons (Fsp3) is 0.526. The normalized spacial score (nSPS) is 20.2. The molecule has 30 heavy (non-hydrogen) atoms. The van der Waals surface area contributed by atoms with Crippen molar-refractivity contribution in [3.8, 4) is 17.0 Å². The molecule has 2 atom stereocenters. The zero-order valence-electron chi connectivity index (χ0n) is 16.5. The van der Waals surface area contributed by atoms with Gasteiger partial charge in [-0.3, -0.25) is 0 Å². The molecule has 0 amide bonds. The molecule has 2 saturated heterocycles. The van der Waals surface area contributed by atoms with Crippen molar-refractivity contribution in [2.24, 2.45) is 0 Å². The molecular weight excluding hydrogens is 401 g/mol. The number of nitrogens with two attached hydrogens (primary N) is 1. The van der Waals surface area contributed by atoms with E-state index in [4.69, 9.17) is 10.5 Å². The van der Waals surface area contributed by atoms with E-state index in [1.54, 1.807) is 11.0 Å². The maximum Gasteiger partial charge on any atom is 0.387 e. The molecular formula is C19H23F3N6O2. The standard InChI is InChI=1S/C19H23F3N6O2/c1-2-27(4-3-20)19-25-14(11-5-15(30-18(21)22)17(23)24-8-11)7-16(26-19)28-9-13-6-12(28)10-29-13/h5,7-8,12-13,18H,2-4,6,9-10H2,1H3,(H2,23,24)/t12?,13-/m1/s1. The number of halogens is 3. The van der Waals surface area contributed by atoms with Gasteiger partial charge in [0.1, 0.15) is 12.5 Å². The minimum Gasteiger partial charge on any atom is -0.431 e. The van der Waals surface area contributed by atoms with E-state index in [1.807, 2.05) is 6.92 Å². The Labute approximate surface area is 171 Å². The second-order valence-corrected chi connectivity index (χ2v) is 7.16. The van der Waals surface area contributed by atoms with E-state index in [9.17, 15) is 13.2 Å². The molecule has 4 heterocycles. The number of alkyl halides is 3. The molecule has 2 aliphatic rings. The van der Waals surface area contributed by atoms with Crippen molar-refractivity contribution in [1.82, 2.24) is 15.0 Å². The summed E-state index contributed by atoms with van der Waals surface area (Å²) in [7, 11) is 0. The van der Waals surface area contributed by atoms with Gasteiger partial charge in [-0.2, -0.15) is 13.8 Å². The SMILES string of the molecule is CCN(CCF)c1nc(-c2cnc(N)c(OC(F)F)c2)cc(N2C[C@H]3CC2CO3)n1. The molecule has 4 rings (SSSR count). The van der Waals surface area contributed by atoms with Gasteiger partial charge in [0.25, 0.3) is 0 Å². The molecule has 162 valence electrons. The Morgan fingerprint density at radius 2 is 2.20 bits per heavy atom. The predicted octanol–water partition coefficient (Wildman–Crippen LogP) is 2.50. The quantitative estimate of drug-likeness (QED) is 0.692. The summed E-state index contributed by atoms with van der Waals surface area (Å²) in [4.78, 5) is 17.0. The second kappa shape index (κ2) is 8.50. The van der Waals surface area contributed by atoms with Gasteiger partial charge in [0, 0.05) is 37.5 Å². The number of aromatic nitrogens is 3. The number of anilines is 3. The summed E-state index contributed by atoms with van der Waals surface area (Å²) >= 11 is 0. The maximum absolute atomic E-state index is 13.0. The van der Waals surface area contributed by atoms with Crippen molar-refractivity contribution in [3.05, 3.63) is 18.3 Å². The number of rotatable bonds is 8. The van der Waals surface area contributed by atoms with Gasteiger partial charge in [0.05, 0.1) is 24.4 Å². The monoisotopic (exact) mass is 424 g/mol. The lowest BCUT2D eigenvalue weighted by atomic mass is 10.2. The van der Waals surface area contributed by atoms with E-state index >= 15 is 0 Å². The first kappa shape index (κ1) is 20.5. The van der Waals surface area contributed by atoms with Gasteiger partial charge in [-0.15, -0.1) is 0 Å². The maximum atomic E-state index is 13.0. The number of hydrogen-bond donors (Lipinski definition) is 1. The molecule has 11 heteroatoms. The summed E-state index contributed by atoms with van der Waals surface area (Å²) in [6.07, 6.45) is 2.52. The van der Waals surface area contributed by atoms with Crippen LogP contribution in [0, 0.1) is 0 Å². The summed E-state index contributed by atoms with van der Waals surface area (Å²) in [5.41, 5.74) is 6.56. The van der Waals surface area contributed by atoms with Crippen molar-refractivity contribution in [2.45, 2.75) is 32.1 Å². The Balaban J connectivity index is 1.76. The number of fused-ring (bicyclic) bond motifs is 2. The van der Waals surface area contributed by atoms with E-state index in [-0.39, 0.29) is 30.3 Å². The first-order chi connectivity index (χ1) is 14.5. The highest BCUT2D eigenvalue weighted by atomic mass is 19.3. The van der Waals surface area contributed by atoms with Crippen molar-refractivity contribution in [3.63, 3.8) is 0 Å². The molecule has 1 unspecified atom stereocenters. The fourth-order valence-corrected chi connectivity index (χ4v) is 3.83. The highest BCUT2D eigenvalue weighted by molar-refractivity contribution is 5.68. The van der Waals surface area contributed by atoms with Crippen LogP contribution in [0.4, 0.5) is 30.8 Å². The molecule has 2 aromatic heterocycles. The van der Waals surface area contributed by atoms with Gasteiger partial charge in [-0.05, 0) is 19.4 Å². The average Bonchev–Trinajstić information content (AvgIpc) is 3.36. The van der Waals surface area contributed by atoms with Crippen LogP contribution >= 0.6 is 0 Å². The van der Waals surface area contributed by atoms with Crippen molar-refractivity contribution in [1.29, 1.82) is 0 Å². The fourth-order valence-electron chi connectivity index (χ4n) is 3.83. The van der Waals surface area contributed by atoms with Gasteiger partial charge in [0.15, 0.2) is 11.6 Å². The molecule has 0 aliphatic carbocycles. The average molecular weight is 424 g/mol. The van der Waals surface area contributed by atoms with Gasteiger partial charge in [0.2, 0.25) is 5.95 Å². The minimum absolute atomic E-state index is 0.143. The van der Waals surface area contributed by atoms with Gasteiger partial charge >= 0.3 is 6.61 Å². The summed E-state index contributed by atoms with van der Waals surface area (Å²) in [5, 5.41) is 0. The number of nitrogens with zero attached hydrogens (tertiary/aromatic N) is 5. The zero-order chi connectivity index (χ0) is 21.3. The summed E-state index contributed by atoms with van der Waals surface area (Å²) < 4.78 is 48.6. The van der Waals surface area contributed by atoms with E-state index in [1.165, 1.54) is 12.3 Å². The smallest absolute Gasteiger partial charge is 0.387 e. The summed E-state index contributed by atoms with van der Waals surface area (Å²) in [5.74, 6) is 0.667. The Kier molecular flexibility index (Phi) is 5.80. The Bertz CT molecular complexity index is 903. The first-order valence-corrected chi connectivity index (χ1v) is 9.77. The first-order valence-electron chi connectivity index (χ1n) is 9.77. The van der Waals surface area contributed by atoms with Crippen LogP contribution in [0.5, 0.6) is 5.75 Å². The van der Waals surface area contributed by atoms with E-state index in [0.29, 0.717) is 42.7 Å². The molecule has 8 nitrogen and oxygen atoms in total. The van der Waals surface area contributed by atoms with Crippen LogP contribution < -0.4 is 20.3 Å². The van der Waals surface area contributed by atoms with Gasteiger partial charge in [-0.25, -0.2) is 14.4 Å². The molecule has 2 fully saturated rings. The topological polar surface area (TPSA) is 89.6 Å². The molecule has 0 aromatic carbocycles. The van der Waals surface area contributed by atoms with Crippen molar-refractivity contribution >= 4 is 17.6 Å². The lowest BCUT2D eigenvalue weighted by Gasteiger charge is -2.29. The minimum atomic E-state index is -3.03. The molecule has 0 spiro atoms. The highest BCUT2D eigenvalue weighted by Gasteiger charge is 2.40. The zero-order valence-corrected chi connectivity index (χ0v) is 16.5. The van der Waals surface area contributed by atoms with Crippen LogP contribution in [-0.4, -0.2) is 66.6 Å². The predicted molar refractivity (Wildman–Crippen MR) is 106 cm³/mol. The third-order valence-corrected chi connectivity index (χ3v) is 5.31. The molecule has 2 aliphatic heterocycles. The number of pyridine rings is 1. The van der Waals surface area contributed by atoms with Crippen LogP contribution in [0.1, 0.15) is 13.3 Å². The van der Waals surface area contributed by atoms with E-state index in [0.717, 1.165) is 6.42 Å². The molecule has 2 N–H and O–H groups in total. The third kappa shape index (κ3) is 4.07. The van der Waals surface area contributed by atoms with Crippen molar-refractivity contribution in [2.75, 3.05) is 48.4 Å². The number of ether oxygens (including phenoxy) is 2. The summed E-state index contributed by atoms with van der Waals surface area (Å²) in [6, 6.07) is 3.35. The largest absolute Gasteiger partial charge is 0.431 e. The van der Waals surface area contributed by atoms with Crippen LogP contribution in [0.3, 0.4) is 0 Å². The van der Waals surface area contributed by atoms with Crippen LogP contribution in [0.2, 0.25) is 0 Å². The van der Waals surface area contributed by atoms with Crippen molar-refractivity contribution < 1.29 is 22.6 Å². The Hall–Kier alpha value is -2.82. The number of hydrogen-bond acceptors (Lipinski definition) is 8. The van der Waals surface area contributed by atoms with E-state index in [2.05, 4.69) is 24.6 Å². The molecule has 0 saturated carbocycles. The second-order valence-electron chi connectivity index (χ2n) is 7.16. The highest BCUT2D eigenvalue weighted by Crippen LogP contribution is 2.35. The lowest BCUT2D eigenvalue weighted by Crippen LogP contribution is -2.38. The third-order valence-electron chi connectivity index (χ3n) is 5.31. The molecule has 2 bridgehead atoms. The van der Waals surface area contributed by atoms with Gasteiger partial charge in [-0.1, -0.05) is 0 Å². The number of morpholine rings is 1. The Morgan fingerprint density at radius 3 is 2.83 bits per heavy atom. The van der Waals surface area contributed by atoms with E-state index < -0.39 is 13.3 Å². The molecule has 2 aromatic rings. The van der Waals surface area contributed by atoms with Crippen LogP contribution in [0.15, 0.2) is 18.3 Å².